The molecular weight excluding hydrogens is 260 g/mol. The van der Waals surface area contributed by atoms with Gasteiger partial charge in [-0.15, -0.1) is 10.2 Å². The molecule has 0 aliphatic rings. The Morgan fingerprint density at radius 3 is 2.74 bits per heavy atom. The lowest BCUT2D eigenvalue weighted by molar-refractivity contribution is -0.115. The summed E-state index contributed by atoms with van der Waals surface area (Å²) in [4.78, 5) is 15.7. The van der Waals surface area contributed by atoms with Gasteiger partial charge in [0.1, 0.15) is 5.01 Å². The van der Waals surface area contributed by atoms with Crippen LogP contribution in [0, 0.1) is 5.92 Å². The Morgan fingerprint density at radius 2 is 2.05 bits per heavy atom. The molecule has 0 saturated heterocycles. The second-order valence-corrected chi connectivity index (χ2v) is 5.74. The Balaban J connectivity index is 1.90. The van der Waals surface area contributed by atoms with Crippen molar-refractivity contribution in [1.29, 1.82) is 0 Å². The first kappa shape index (κ1) is 13.6. The molecule has 2 heterocycles. The highest BCUT2D eigenvalue weighted by Gasteiger charge is 2.09. The molecule has 2 aromatic rings. The van der Waals surface area contributed by atoms with Crippen LogP contribution in [-0.2, 0) is 17.6 Å². The van der Waals surface area contributed by atoms with E-state index in [9.17, 15) is 4.79 Å². The van der Waals surface area contributed by atoms with Gasteiger partial charge in [-0.1, -0.05) is 25.2 Å². The molecule has 19 heavy (non-hydrogen) atoms. The summed E-state index contributed by atoms with van der Waals surface area (Å²) in [5.41, 5.74) is 0.930. The molecule has 0 fully saturated rings. The number of nitrogens with one attached hydrogen (secondary N) is 1. The summed E-state index contributed by atoms with van der Waals surface area (Å²) in [5.74, 6) is 0.451. The summed E-state index contributed by atoms with van der Waals surface area (Å²) in [5, 5.41) is 12.3. The number of nitrogens with zero attached hydrogens (tertiary/aromatic N) is 3. The van der Waals surface area contributed by atoms with E-state index in [0.29, 0.717) is 17.5 Å². The van der Waals surface area contributed by atoms with Gasteiger partial charge in [-0.25, -0.2) is 0 Å². The number of carbonyl (C=O) groups excluding carboxylic acids is 1. The molecule has 6 heteroatoms. The fourth-order valence-corrected chi connectivity index (χ4v) is 2.55. The summed E-state index contributed by atoms with van der Waals surface area (Å²) in [6.07, 6.45) is 4.56. The van der Waals surface area contributed by atoms with Crippen LogP contribution < -0.4 is 5.32 Å². The highest BCUT2D eigenvalue weighted by molar-refractivity contribution is 7.15. The number of amides is 1. The normalized spacial score (nSPS) is 10.7. The van der Waals surface area contributed by atoms with Crippen LogP contribution in [0.25, 0.3) is 0 Å². The second kappa shape index (κ2) is 6.38. The van der Waals surface area contributed by atoms with Gasteiger partial charge >= 0.3 is 0 Å². The van der Waals surface area contributed by atoms with Gasteiger partial charge in [-0.2, -0.15) is 0 Å². The zero-order valence-electron chi connectivity index (χ0n) is 11.0. The third-order valence-corrected chi connectivity index (χ3v) is 3.27. The molecule has 0 spiro atoms. The van der Waals surface area contributed by atoms with E-state index >= 15 is 0 Å². The fourth-order valence-electron chi connectivity index (χ4n) is 1.59. The van der Waals surface area contributed by atoms with E-state index in [1.54, 1.807) is 12.4 Å². The van der Waals surface area contributed by atoms with Crippen molar-refractivity contribution in [3.63, 3.8) is 0 Å². The maximum absolute atomic E-state index is 11.8. The van der Waals surface area contributed by atoms with Crippen molar-refractivity contribution in [2.75, 3.05) is 5.32 Å². The Bertz CT molecular complexity index is 539. The smallest absolute Gasteiger partial charge is 0.230 e. The van der Waals surface area contributed by atoms with E-state index in [1.807, 2.05) is 12.1 Å². The zero-order valence-corrected chi connectivity index (χ0v) is 11.8. The number of pyridine rings is 1. The van der Waals surface area contributed by atoms with Gasteiger partial charge in [0.15, 0.2) is 0 Å². The van der Waals surface area contributed by atoms with Crippen LogP contribution in [0.3, 0.4) is 0 Å². The van der Waals surface area contributed by atoms with Crippen LogP contribution in [-0.4, -0.2) is 21.1 Å². The van der Waals surface area contributed by atoms with E-state index in [-0.39, 0.29) is 5.91 Å². The Labute approximate surface area is 116 Å². The van der Waals surface area contributed by atoms with Crippen molar-refractivity contribution in [3.8, 4) is 0 Å². The average molecular weight is 276 g/mol. The molecule has 0 bridgehead atoms. The Hall–Kier alpha value is -1.82. The SMILES string of the molecule is CC(C)Cc1nnc(NC(=O)Cc2ccncc2)s1. The minimum atomic E-state index is -0.0848. The van der Waals surface area contributed by atoms with Crippen LogP contribution in [0.5, 0.6) is 0 Å². The molecule has 5 nitrogen and oxygen atoms in total. The van der Waals surface area contributed by atoms with Crippen LogP contribution >= 0.6 is 11.3 Å². The van der Waals surface area contributed by atoms with Crippen molar-refractivity contribution >= 4 is 22.4 Å². The second-order valence-electron chi connectivity index (χ2n) is 4.68. The van der Waals surface area contributed by atoms with E-state index in [4.69, 9.17) is 0 Å². The Morgan fingerprint density at radius 1 is 1.32 bits per heavy atom. The van der Waals surface area contributed by atoms with E-state index in [1.165, 1.54) is 11.3 Å². The van der Waals surface area contributed by atoms with Crippen LogP contribution in [0.4, 0.5) is 5.13 Å². The molecule has 0 unspecified atom stereocenters. The molecule has 0 aromatic carbocycles. The molecule has 0 aliphatic heterocycles. The molecule has 0 saturated carbocycles. The Kier molecular flexibility index (Phi) is 4.57. The summed E-state index contributed by atoms with van der Waals surface area (Å²) >= 11 is 1.43. The molecule has 1 N–H and O–H groups in total. The van der Waals surface area contributed by atoms with Gasteiger partial charge in [-0.05, 0) is 23.6 Å². The topological polar surface area (TPSA) is 67.8 Å². The number of rotatable bonds is 5. The summed E-state index contributed by atoms with van der Waals surface area (Å²) in [7, 11) is 0. The van der Waals surface area contributed by atoms with Crippen LogP contribution in [0.2, 0.25) is 0 Å². The minimum Gasteiger partial charge on any atom is -0.300 e. The molecule has 0 aliphatic carbocycles. The monoisotopic (exact) mass is 276 g/mol. The molecule has 1 amide bonds. The predicted molar refractivity (Wildman–Crippen MR) is 75.0 cm³/mol. The first-order valence-electron chi connectivity index (χ1n) is 6.14. The van der Waals surface area contributed by atoms with Crippen LogP contribution in [0.1, 0.15) is 24.4 Å². The molecule has 100 valence electrons. The summed E-state index contributed by atoms with van der Waals surface area (Å²) in [6, 6.07) is 3.65. The third-order valence-electron chi connectivity index (χ3n) is 2.41. The molecule has 2 rings (SSSR count). The number of hydrogen-bond acceptors (Lipinski definition) is 5. The maximum atomic E-state index is 11.8. The van der Waals surface area contributed by atoms with Crippen molar-refractivity contribution in [2.24, 2.45) is 5.92 Å². The van der Waals surface area contributed by atoms with Gasteiger partial charge in [0.05, 0.1) is 6.42 Å². The molecule has 2 aromatic heterocycles. The van der Waals surface area contributed by atoms with E-state index in [0.717, 1.165) is 17.0 Å². The lowest BCUT2D eigenvalue weighted by Gasteiger charge is -2.00. The van der Waals surface area contributed by atoms with Crippen molar-refractivity contribution in [2.45, 2.75) is 26.7 Å². The van der Waals surface area contributed by atoms with Gasteiger partial charge in [0.2, 0.25) is 11.0 Å². The minimum absolute atomic E-state index is 0.0848. The highest BCUT2D eigenvalue weighted by atomic mass is 32.1. The third kappa shape index (κ3) is 4.40. The first-order valence-corrected chi connectivity index (χ1v) is 6.96. The van der Waals surface area contributed by atoms with Crippen LogP contribution in [0.15, 0.2) is 24.5 Å². The standard InChI is InChI=1S/C13H16N4OS/c1-9(2)7-12-16-17-13(19-12)15-11(18)8-10-3-5-14-6-4-10/h3-6,9H,7-8H2,1-2H3,(H,15,17,18). The maximum Gasteiger partial charge on any atom is 0.230 e. The first-order chi connectivity index (χ1) is 9.13. The lowest BCUT2D eigenvalue weighted by Crippen LogP contribution is -2.14. The number of hydrogen-bond donors (Lipinski definition) is 1. The van der Waals surface area contributed by atoms with E-state index in [2.05, 4.69) is 34.3 Å². The molecule has 0 atom stereocenters. The van der Waals surface area contributed by atoms with E-state index < -0.39 is 0 Å². The van der Waals surface area contributed by atoms with Gasteiger partial charge in [0.25, 0.3) is 0 Å². The quantitative estimate of drug-likeness (QED) is 0.910. The van der Waals surface area contributed by atoms with Crippen molar-refractivity contribution in [3.05, 3.63) is 35.1 Å². The lowest BCUT2D eigenvalue weighted by atomic mass is 10.1. The largest absolute Gasteiger partial charge is 0.300 e. The van der Waals surface area contributed by atoms with Crippen molar-refractivity contribution < 1.29 is 4.79 Å². The fraction of sp³-hybridized carbons (Fsp3) is 0.385. The molecular formula is C13H16N4OS. The number of carbonyl (C=O) groups is 1. The zero-order chi connectivity index (χ0) is 13.7. The number of aromatic nitrogens is 3. The number of anilines is 1. The van der Waals surface area contributed by atoms with Crippen molar-refractivity contribution in [1.82, 2.24) is 15.2 Å². The van der Waals surface area contributed by atoms with Gasteiger partial charge in [0, 0.05) is 18.8 Å². The predicted octanol–water partition coefficient (Wildman–Crippen LogP) is 2.31. The summed E-state index contributed by atoms with van der Waals surface area (Å²) < 4.78 is 0. The van der Waals surface area contributed by atoms with Gasteiger partial charge in [-0.3, -0.25) is 9.78 Å². The highest BCUT2D eigenvalue weighted by Crippen LogP contribution is 2.18. The van der Waals surface area contributed by atoms with Gasteiger partial charge < -0.3 is 5.32 Å². The molecule has 0 radical (unpaired) electrons. The summed E-state index contributed by atoms with van der Waals surface area (Å²) in [6.45, 7) is 4.26. The average Bonchev–Trinajstić information content (AvgIpc) is 2.76.